The van der Waals surface area contributed by atoms with E-state index in [-0.39, 0.29) is 18.3 Å². The smallest absolute Gasteiger partial charge is 0.228 e. The highest BCUT2D eigenvalue weighted by molar-refractivity contribution is 5.98. The quantitative estimate of drug-likeness (QED) is 0.257. The minimum absolute atomic E-state index is 0. The Morgan fingerprint density at radius 2 is 2.00 bits per heavy atom. The lowest BCUT2D eigenvalue weighted by Crippen LogP contribution is -2.38. The van der Waals surface area contributed by atoms with E-state index in [4.69, 9.17) is 15.0 Å². The van der Waals surface area contributed by atoms with Gasteiger partial charge in [-0.05, 0) is 63.1 Å². The number of hydrogen-bond acceptors (Lipinski definition) is 8. The van der Waals surface area contributed by atoms with Gasteiger partial charge in [0.15, 0.2) is 0 Å². The summed E-state index contributed by atoms with van der Waals surface area (Å²) in [4.78, 5) is 13.8. The molecule has 0 aliphatic carbocycles. The van der Waals surface area contributed by atoms with Crippen LogP contribution in [-0.2, 0) is 0 Å². The molecule has 3 N–H and O–H groups in total. The van der Waals surface area contributed by atoms with E-state index in [0.717, 1.165) is 65.0 Å². The zero-order valence-electron chi connectivity index (χ0n) is 21.6. The molecule has 0 bridgehead atoms. The number of aryl methyl sites for hydroxylation is 1. The summed E-state index contributed by atoms with van der Waals surface area (Å²) in [6, 6.07) is 18.5. The van der Waals surface area contributed by atoms with E-state index in [1.54, 1.807) is 12.4 Å². The third-order valence-corrected chi connectivity index (χ3v) is 6.56. The first-order valence-corrected chi connectivity index (χ1v) is 12.7. The zero-order valence-corrected chi connectivity index (χ0v) is 22.4. The number of nitrogens with one attached hydrogen (secondary N) is 3. The molecule has 1 aliphatic heterocycles. The fraction of sp³-hybridized carbons (Fsp3) is 0.310. The van der Waals surface area contributed by atoms with Crippen LogP contribution in [0.2, 0.25) is 0 Å². The van der Waals surface area contributed by atoms with Crippen LogP contribution < -0.4 is 20.7 Å². The number of nitriles is 1. The van der Waals surface area contributed by atoms with Crippen LogP contribution in [0.5, 0.6) is 11.6 Å². The van der Waals surface area contributed by atoms with Crippen LogP contribution in [0.25, 0.3) is 22.0 Å². The van der Waals surface area contributed by atoms with Gasteiger partial charge < -0.3 is 20.7 Å². The number of nitrogens with zero attached hydrogens (tertiary/aromatic N) is 4. The number of fused-ring (bicyclic) bond motifs is 1. The molecule has 1 aliphatic rings. The van der Waals surface area contributed by atoms with Crippen molar-refractivity contribution in [2.24, 2.45) is 5.92 Å². The van der Waals surface area contributed by atoms with Crippen LogP contribution in [0.15, 0.2) is 60.9 Å². The van der Waals surface area contributed by atoms with Gasteiger partial charge in [-0.2, -0.15) is 5.26 Å². The molecule has 2 atom stereocenters. The van der Waals surface area contributed by atoms with Crippen molar-refractivity contribution in [3.05, 3.63) is 66.5 Å². The Balaban J connectivity index is 0.00000336. The number of aromatic nitrogens is 3. The van der Waals surface area contributed by atoms with Crippen molar-refractivity contribution < 1.29 is 4.74 Å². The molecule has 3 heterocycles. The SMILES string of the molecule is Cc1ccc2c(NC[C@@H](C)C#N)cccc2c1Oc1ncccc1-c1ccnc(N[C@H]2CCCNC2)n1.Cl. The van der Waals surface area contributed by atoms with Crippen LogP contribution in [0, 0.1) is 24.2 Å². The van der Waals surface area contributed by atoms with Crippen molar-refractivity contribution in [2.75, 3.05) is 30.3 Å². The number of benzene rings is 2. The highest BCUT2D eigenvalue weighted by Gasteiger charge is 2.17. The summed E-state index contributed by atoms with van der Waals surface area (Å²) >= 11 is 0. The Labute approximate surface area is 229 Å². The number of anilines is 2. The van der Waals surface area contributed by atoms with Crippen LogP contribution >= 0.6 is 12.4 Å². The molecule has 38 heavy (non-hydrogen) atoms. The summed E-state index contributed by atoms with van der Waals surface area (Å²) < 4.78 is 6.52. The number of rotatable bonds is 8. The Hall–Kier alpha value is -3.93. The third-order valence-electron chi connectivity index (χ3n) is 6.56. The molecular formula is C29H32ClN7O. The molecule has 4 aromatic rings. The fourth-order valence-corrected chi connectivity index (χ4v) is 4.54. The molecule has 1 fully saturated rings. The minimum atomic E-state index is -0.0888. The Morgan fingerprint density at radius 1 is 1.11 bits per heavy atom. The molecule has 0 radical (unpaired) electrons. The summed E-state index contributed by atoms with van der Waals surface area (Å²) in [6.45, 7) is 6.46. The standard InChI is InChI=1S/C29H31N7O.ClH/c1-19(16-30)17-34-25-9-3-7-23-22(25)11-10-20(2)27(23)37-28-24(8-5-14-32-28)26-12-15-33-29(36-26)35-21-6-4-13-31-18-21;/h3,5,7-12,14-15,19,21,31,34H,4,6,13,17-18H2,1-2H3,(H,33,35,36);1H/t19-,21-;/m0./s1. The molecule has 2 aromatic carbocycles. The average molecular weight is 530 g/mol. The first-order chi connectivity index (χ1) is 18.1. The molecule has 0 unspecified atom stereocenters. The van der Waals surface area contributed by atoms with Crippen molar-refractivity contribution >= 4 is 34.8 Å². The predicted octanol–water partition coefficient (Wildman–Crippen LogP) is 5.95. The van der Waals surface area contributed by atoms with Gasteiger partial charge in [0.05, 0.1) is 23.2 Å². The first-order valence-electron chi connectivity index (χ1n) is 12.7. The molecular weight excluding hydrogens is 498 g/mol. The lowest BCUT2D eigenvalue weighted by Gasteiger charge is -2.23. The van der Waals surface area contributed by atoms with E-state index in [1.165, 1.54) is 0 Å². The maximum Gasteiger partial charge on any atom is 0.228 e. The Kier molecular flexibility index (Phi) is 8.95. The zero-order chi connectivity index (χ0) is 25.6. The van der Waals surface area contributed by atoms with E-state index in [2.05, 4.69) is 38.1 Å². The summed E-state index contributed by atoms with van der Waals surface area (Å²) in [6.07, 6.45) is 5.72. The second-order valence-electron chi connectivity index (χ2n) is 9.43. The Bertz CT molecular complexity index is 1430. The van der Waals surface area contributed by atoms with E-state index in [9.17, 15) is 0 Å². The van der Waals surface area contributed by atoms with Gasteiger partial charge in [0.25, 0.3) is 0 Å². The van der Waals surface area contributed by atoms with E-state index >= 15 is 0 Å². The molecule has 2 aromatic heterocycles. The van der Waals surface area contributed by atoms with Crippen molar-refractivity contribution in [2.45, 2.75) is 32.7 Å². The second-order valence-corrected chi connectivity index (χ2v) is 9.43. The van der Waals surface area contributed by atoms with Crippen LogP contribution in [0.3, 0.4) is 0 Å². The molecule has 9 heteroatoms. The fourth-order valence-electron chi connectivity index (χ4n) is 4.54. The largest absolute Gasteiger partial charge is 0.437 e. The number of pyridine rings is 1. The molecule has 0 spiro atoms. The van der Waals surface area contributed by atoms with Gasteiger partial charge in [-0.15, -0.1) is 12.4 Å². The molecule has 1 saturated heterocycles. The maximum atomic E-state index is 9.16. The number of halogens is 1. The van der Waals surface area contributed by atoms with Gasteiger partial charge in [-0.3, -0.25) is 0 Å². The van der Waals surface area contributed by atoms with Crippen LogP contribution in [0.1, 0.15) is 25.3 Å². The highest BCUT2D eigenvalue weighted by atomic mass is 35.5. The van der Waals surface area contributed by atoms with E-state index in [0.29, 0.717) is 24.4 Å². The predicted molar refractivity (Wildman–Crippen MR) is 154 cm³/mol. The molecule has 196 valence electrons. The number of piperidine rings is 1. The Morgan fingerprint density at radius 3 is 2.82 bits per heavy atom. The highest BCUT2D eigenvalue weighted by Crippen LogP contribution is 2.38. The monoisotopic (exact) mass is 529 g/mol. The lowest BCUT2D eigenvalue weighted by atomic mass is 10.0. The van der Waals surface area contributed by atoms with Gasteiger partial charge in [-0.1, -0.05) is 24.3 Å². The van der Waals surface area contributed by atoms with Crippen molar-refractivity contribution in [1.82, 2.24) is 20.3 Å². The van der Waals surface area contributed by atoms with E-state index in [1.807, 2.05) is 56.3 Å². The average Bonchev–Trinajstić information content (AvgIpc) is 2.94. The van der Waals surface area contributed by atoms with Crippen molar-refractivity contribution in [3.8, 4) is 29.0 Å². The van der Waals surface area contributed by atoms with Crippen LogP contribution in [-0.4, -0.2) is 40.6 Å². The molecule has 5 rings (SSSR count). The second kappa shape index (κ2) is 12.5. The molecule has 8 nitrogen and oxygen atoms in total. The third kappa shape index (κ3) is 6.13. The minimum Gasteiger partial charge on any atom is -0.437 e. The van der Waals surface area contributed by atoms with Gasteiger partial charge in [0.2, 0.25) is 11.8 Å². The van der Waals surface area contributed by atoms with E-state index < -0.39 is 0 Å². The molecule has 0 saturated carbocycles. The number of hydrogen-bond donors (Lipinski definition) is 3. The van der Waals surface area contributed by atoms with Crippen LogP contribution in [0.4, 0.5) is 11.6 Å². The summed E-state index contributed by atoms with van der Waals surface area (Å²) in [5, 5.41) is 21.4. The maximum absolute atomic E-state index is 9.16. The number of ether oxygens (including phenoxy) is 1. The van der Waals surface area contributed by atoms with Crippen molar-refractivity contribution in [3.63, 3.8) is 0 Å². The topological polar surface area (TPSA) is 108 Å². The normalized spacial score (nSPS) is 15.7. The lowest BCUT2D eigenvalue weighted by molar-refractivity contribution is 0.466. The molecule has 0 amide bonds. The summed E-state index contributed by atoms with van der Waals surface area (Å²) in [5.41, 5.74) is 3.51. The first kappa shape index (κ1) is 27.1. The summed E-state index contributed by atoms with van der Waals surface area (Å²) in [5.74, 6) is 1.74. The van der Waals surface area contributed by atoms with Gasteiger partial charge in [0.1, 0.15) is 5.75 Å². The van der Waals surface area contributed by atoms with Gasteiger partial charge in [-0.25, -0.2) is 15.0 Å². The summed E-state index contributed by atoms with van der Waals surface area (Å²) in [7, 11) is 0. The van der Waals surface area contributed by atoms with Gasteiger partial charge in [0, 0.05) is 48.0 Å². The van der Waals surface area contributed by atoms with Gasteiger partial charge >= 0.3 is 0 Å². The van der Waals surface area contributed by atoms with Crippen molar-refractivity contribution in [1.29, 1.82) is 5.26 Å².